The van der Waals surface area contributed by atoms with Crippen molar-refractivity contribution in [2.75, 3.05) is 11.1 Å². The van der Waals surface area contributed by atoms with Crippen LogP contribution in [0.4, 0.5) is 11.6 Å². The molecule has 5 nitrogen and oxygen atoms in total. The molecule has 18 heavy (non-hydrogen) atoms. The number of nitrogens with two attached hydrogens (primary N) is 1. The fourth-order valence-corrected chi connectivity index (χ4v) is 1.83. The van der Waals surface area contributed by atoms with Crippen LogP contribution in [0.1, 0.15) is 30.4 Å². The van der Waals surface area contributed by atoms with Crippen molar-refractivity contribution < 1.29 is 4.42 Å². The monoisotopic (exact) mass is 246 g/mol. The zero-order valence-electron chi connectivity index (χ0n) is 10.7. The molecule has 0 bridgehead atoms. The molecule has 0 saturated heterocycles. The van der Waals surface area contributed by atoms with E-state index < -0.39 is 0 Å². The van der Waals surface area contributed by atoms with Crippen LogP contribution in [0.5, 0.6) is 0 Å². The van der Waals surface area contributed by atoms with Gasteiger partial charge in [0, 0.05) is 5.56 Å². The molecule has 2 rings (SSSR count). The van der Waals surface area contributed by atoms with Crippen molar-refractivity contribution in [2.45, 2.75) is 33.2 Å². The molecule has 2 aromatic rings. The molecule has 0 aromatic carbocycles. The maximum Gasteiger partial charge on any atom is 0.135 e. The van der Waals surface area contributed by atoms with Crippen LogP contribution >= 0.6 is 0 Å². The Labute approximate surface area is 106 Å². The van der Waals surface area contributed by atoms with Crippen LogP contribution in [0.25, 0.3) is 0 Å². The fourth-order valence-electron chi connectivity index (χ4n) is 1.83. The number of nitrogen functional groups attached to an aromatic ring is 1. The van der Waals surface area contributed by atoms with E-state index in [-0.39, 0.29) is 0 Å². The molecule has 0 aliphatic carbocycles. The fraction of sp³-hybridized carbons (Fsp3) is 0.385. The molecule has 0 unspecified atom stereocenters. The summed E-state index contributed by atoms with van der Waals surface area (Å²) in [6, 6.07) is 3.89. The van der Waals surface area contributed by atoms with Crippen molar-refractivity contribution in [2.24, 2.45) is 0 Å². The standard InChI is InChI=1S/C13H18N4O/c1-3-4-11-12(14)16-8-17-13(11)15-7-10-6-5-9(2)18-10/h5-6,8H,3-4,7H2,1-2H3,(H3,14,15,16,17). The molecule has 0 fully saturated rings. The quantitative estimate of drug-likeness (QED) is 0.847. The summed E-state index contributed by atoms with van der Waals surface area (Å²) in [7, 11) is 0. The summed E-state index contributed by atoms with van der Waals surface area (Å²) in [5.74, 6) is 3.12. The molecule has 3 N–H and O–H groups in total. The summed E-state index contributed by atoms with van der Waals surface area (Å²) in [6.07, 6.45) is 3.35. The predicted molar refractivity (Wildman–Crippen MR) is 71.2 cm³/mol. The van der Waals surface area contributed by atoms with Gasteiger partial charge in [0.25, 0.3) is 0 Å². The van der Waals surface area contributed by atoms with E-state index in [1.54, 1.807) is 0 Å². The average molecular weight is 246 g/mol. The van der Waals surface area contributed by atoms with Gasteiger partial charge in [0.2, 0.25) is 0 Å². The number of aryl methyl sites for hydroxylation is 1. The molecule has 2 aromatic heterocycles. The highest BCUT2D eigenvalue weighted by Crippen LogP contribution is 2.20. The molecule has 5 heteroatoms. The van der Waals surface area contributed by atoms with Crippen molar-refractivity contribution in [1.29, 1.82) is 0 Å². The van der Waals surface area contributed by atoms with Crippen molar-refractivity contribution in [3.05, 3.63) is 35.5 Å². The van der Waals surface area contributed by atoms with Gasteiger partial charge in [-0.2, -0.15) is 0 Å². The zero-order valence-corrected chi connectivity index (χ0v) is 10.7. The van der Waals surface area contributed by atoms with Crippen molar-refractivity contribution in [3.8, 4) is 0 Å². The number of aromatic nitrogens is 2. The van der Waals surface area contributed by atoms with Gasteiger partial charge in [-0.15, -0.1) is 0 Å². The Bertz CT molecular complexity index is 521. The van der Waals surface area contributed by atoms with E-state index in [1.165, 1.54) is 6.33 Å². The summed E-state index contributed by atoms with van der Waals surface area (Å²) in [5.41, 5.74) is 6.84. The summed E-state index contributed by atoms with van der Waals surface area (Å²) in [5, 5.41) is 3.24. The molecule has 0 radical (unpaired) electrons. The first kappa shape index (κ1) is 12.4. The maximum atomic E-state index is 5.87. The van der Waals surface area contributed by atoms with Crippen LogP contribution in [0.2, 0.25) is 0 Å². The Morgan fingerprint density at radius 1 is 1.33 bits per heavy atom. The van der Waals surface area contributed by atoms with Crippen molar-refractivity contribution in [1.82, 2.24) is 9.97 Å². The minimum absolute atomic E-state index is 0.546. The lowest BCUT2D eigenvalue weighted by molar-refractivity contribution is 0.490. The SMILES string of the molecule is CCCc1c(N)ncnc1NCc1ccc(C)o1. The van der Waals surface area contributed by atoms with E-state index in [4.69, 9.17) is 10.2 Å². The highest BCUT2D eigenvalue weighted by Gasteiger charge is 2.08. The van der Waals surface area contributed by atoms with Crippen molar-refractivity contribution in [3.63, 3.8) is 0 Å². The number of nitrogens with one attached hydrogen (secondary N) is 1. The first-order chi connectivity index (χ1) is 8.70. The Kier molecular flexibility index (Phi) is 3.82. The Morgan fingerprint density at radius 2 is 2.17 bits per heavy atom. The van der Waals surface area contributed by atoms with Crippen LogP contribution in [0.3, 0.4) is 0 Å². The Morgan fingerprint density at radius 3 is 2.83 bits per heavy atom. The molecule has 96 valence electrons. The third-order valence-electron chi connectivity index (χ3n) is 2.70. The topological polar surface area (TPSA) is 77.0 Å². The highest BCUT2D eigenvalue weighted by atomic mass is 16.3. The third kappa shape index (κ3) is 2.80. The summed E-state index contributed by atoms with van der Waals surface area (Å²) in [4.78, 5) is 8.26. The number of furan rings is 1. The molecule has 0 aliphatic heterocycles. The lowest BCUT2D eigenvalue weighted by atomic mass is 10.1. The average Bonchev–Trinajstić information content (AvgIpc) is 2.76. The number of rotatable bonds is 5. The molecule has 0 saturated carbocycles. The van der Waals surface area contributed by atoms with Gasteiger partial charge in [-0.25, -0.2) is 9.97 Å². The molecule has 0 amide bonds. The summed E-state index contributed by atoms with van der Waals surface area (Å²) in [6.45, 7) is 4.63. The lowest BCUT2D eigenvalue weighted by Crippen LogP contribution is -2.08. The van der Waals surface area contributed by atoms with Crippen LogP contribution < -0.4 is 11.1 Å². The van der Waals surface area contributed by atoms with Gasteiger partial charge in [-0.05, 0) is 25.5 Å². The number of hydrogen-bond acceptors (Lipinski definition) is 5. The zero-order chi connectivity index (χ0) is 13.0. The van der Waals surface area contributed by atoms with Crippen LogP contribution in [-0.4, -0.2) is 9.97 Å². The second kappa shape index (κ2) is 5.53. The minimum Gasteiger partial charge on any atom is -0.465 e. The van der Waals surface area contributed by atoms with Crippen LogP contribution in [-0.2, 0) is 13.0 Å². The Hall–Kier alpha value is -2.04. The van der Waals surface area contributed by atoms with Crippen LogP contribution in [0.15, 0.2) is 22.9 Å². The predicted octanol–water partition coefficient (Wildman–Crippen LogP) is 2.52. The molecule has 0 atom stereocenters. The van der Waals surface area contributed by atoms with Gasteiger partial charge < -0.3 is 15.5 Å². The van der Waals surface area contributed by atoms with Crippen molar-refractivity contribution >= 4 is 11.6 Å². The second-order valence-electron chi connectivity index (χ2n) is 4.20. The molecule has 0 spiro atoms. The maximum absolute atomic E-state index is 5.87. The van der Waals surface area contributed by atoms with E-state index in [1.807, 2.05) is 19.1 Å². The number of hydrogen-bond donors (Lipinski definition) is 2. The molecule has 2 heterocycles. The van der Waals surface area contributed by atoms with E-state index in [0.29, 0.717) is 12.4 Å². The smallest absolute Gasteiger partial charge is 0.135 e. The van der Waals surface area contributed by atoms with Gasteiger partial charge >= 0.3 is 0 Å². The van der Waals surface area contributed by atoms with Gasteiger partial charge in [0.1, 0.15) is 29.5 Å². The summed E-state index contributed by atoms with van der Waals surface area (Å²) < 4.78 is 5.50. The Balaban J connectivity index is 2.11. The number of anilines is 2. The van der Waals surface area contributed by atoms with E-state index in [9.17, 15) is 0 Å². The number of nitrogens with zero attached hydrogens (tertiary/aromatic N) is 2. The van der Waals surface area contributed by atoms with Gasteiger partial charge in [0.15, 0.2) is 0 Å². The normalized spacial score (nSPS) is 10.6. The summed E-state index contributed by atoms with van der Waals surface area (Å²) >= 11 is 0. The molecular weight excluding hydrogens is 228 g/mol. The van der Waals surface area contributed by atoms with Gasteiger partial charge in [0.05, 0.1) is 6.54 Å². The van der Waals surface area contributed by atoms with E-state index in [0.717, 1.165) is 35.7 Å². The second-order valence-corrected chi connectivity index (χ2v) is 4.20. The van der Waals surface area contributed by atoms with E-state index >= 15 is 0 Å². The molecular formula is C13H18N4O. The van der Waals surface area contributed by atoms with Crippen LogP contribution in [0, 0.1) is 6.92 Å². The largest absolute Gasteiger partial charge is 0.465 e. The van der Waals surface area contributed by atoms with E-state index in [2.05, 4.69) is 22.2 Å². The first-order valence-electron chi connectivity index (χ1n) is 6.09. The van der Waals surface area contributed by atoms with Gasteiger partial charge in [-0.3, -0.25) is 0 Å². The molecule has 0 aliphatic rings. The highest BCUT2D eigenvalue weighted by molar-refractivity contribution is 5.55. The van der Waals surface area contributed by atoms with Gasteiger partial charge in [-0.1, -0.05) is 13.3 Å². The lowest BCUT2D eigenvalue weighted by Gasteiger charge is -2.10. The first-order valence-corrected chi connectivity index (χ1v) is 6.09. The minimum atomic E-state index is 0.546. The third-order valence-corrected chi connectivity index (χ3v) is 2.70.